The Labute approximate surface area is 196 Å². The highest BCUT2D eigenvalue weighted by atomic mass is 32.1. The number of benzene rings is 1. The molecule has 9 heteroatoms. The number of nitrogens with one attached hydrogen (secondary N) is 1. The van der Waals surface area contributed by atoms with Gasteiger partial charge < -0.3 is 14.4 Å². The van der Waals surface area contributed by atoms with Gasteiger partial charge in [-0.25, -0.2) is 4.98 Å². The molecule has 0 radical (unpaired) electrons. The highest BCUT2D eigenvalue weighted by molar-refractivity contribution is 7.14. The van der Waals surface area contributed by atoms with Crippen molar-refractivity contribution in [2.24, 2.45) is 0 Å². The molecule has 1 N–H and O–H groups in total. The van der Waals surface area contributed by atoms with Crippen LogP contribution >= 0.6 is 11.3 Å². The number of hydrogen-bond acceptors (Lipinski definition) is 7. The Morgan fingerprint density at radius 1 is 1.18 bits per heavy atom. The average molecular weight is 466 g/mol. The van der Waals surface area contributed by atoms with E-state index in [0.717, 1.165) is 91.6 Å². The molecule has 3 aliphatic heterocycles. The van der Waals surface area contributed by atoms with Crippen LogP contribution in [0.25, 0.3) is 22.4 Å². The zero-order valence-electron chi connectivity index (χ0n) is 18.5. The molecule has 3 aliphatic rings. The zero-order chi connectivity index (χ0) is 22.2. The molecule has 0 saturated carbocycles. The summed E-state index contributed by atoms with van der Waals surface area (Å²) >= 11 is 1.51. The molecule has 0 bridgehead atoms. The number of carbonyl (C=O) groups excluding carboxylic acids is 1. The van der Waals surface area contributed by atoms with E-state index in [4.69, 9.17) is 14.5 Å². The number of hydrogen-bond donors (Lipinski definition) is 1. The van der Waals surface area contributed by atoms with E-state index in [9.17, 15) is 4.79 Å². The third-order valence-corrected chi connectivity index (χ3v) is 7.78. The largest absolute Gasteiger partial charge is 0.492 e. The molecule has 5 heterocycles. The molecule has 1 aromatic carbocycles. The number of fused-ring (bicyclic) bond motifs is 3. The number of thiazole rings is 1. The summed E-state index contributed by atoms with van der Waals surface area (Å²) in [4.78, 5) is 23.6. The van der Waals surface area contributed by atoms with Crippen molar-refractivity contribution in [3.8, 4) is 28.1 Å². The summed E-state index contributed by atoms with van der Waals surface area (Å²) in [5.41, 5.74) is 3.88. The fourth-order valence-electron chi connectivity index (χ4n) is 4.85. The van der Waals surface area contributed by atoms with E-state index in [0.29, 0.717) is 17.7 Å². The van der Waals surface area contributed by atoms with E-state index in [1.165, 1.54) is 11.3 Å². The minimum Gasteiger partial charge on any atom is -0.492 e. The van der Waals surface area contributed by atoms with Crippen LogP contribution in [0.5, 0.6) is 5.75 Å². The van der Waals surface area contributed by atoms with E-state index < -0.39 is 0 Å². The highest BCUT2D eigenvalue weighted by Gasteiger charge is 2.29. The summed E-state index contributed by atoms with van der Waals surface area (Å²) in [5, 5.41) is 7.47. The quantitative estimate of drug-likeness (QED) is 0.638. The predicted octanol–water partition coefficient (Wildman–Crippen LogP) is 3.07. The first-order chi connectivity index (χ1) is 16.2. The molecule has 172 valence electrons. The Hall–Kier alpha value is -2.75. The summed E-state index contributed by atoms with van der Waals surface area (Å²) in [6.07, 6.45) is 7.09. The normalized spacial score (nSPS) is 20.7. The number of aromatic nitrogens is 3. The lowest BCUT2D eigenvalue weighted by molar-refractivity contribution is 0.0432. The van der Waals surface area contributed by atoms with Gasteiger partial charge in [0, 0.05) is 68.0 Å². The van der Waals surface area contributed by atoms with Gasteiger partial charge >= 0.3 is 0 Å². The maximum absolute atomic E-state index is 13.3. The molecule has 2 saturated heterocycles. The van der Waals surface area contributed by atoms with Crippen molar-refractivity contribution in [1.82, 2.24) is 25.0 Å². The van der Waals surface area contributed by atoms with Crippen molar-refractivity contribution >= 4 is 17.2 Å². The highest BCUT2D eigenvalue weighted by Crippen LogP contribution is 2.39. The Bertz CT molecular complexity index is 1130. The Kier molecular flexibility index (Phi) is 5.61. The van der Waals surface area contributed by atoms with Crippen LogP contribution in [0.15, 0.2) is 30.6 Å². The SMILES string of the molecule is O=C(c1nc2c(s1)CCOc1cc(-c3cn[nH]c3)ccc1-2)N1CCN(CC2CCCO2)CC1. The van der Waals surface area contributed by atoms with Gasteiger partial charge in [0.15, 0.2) is 5.01 Å². The maximum atomic E-state index is 13.3. The molecule has 0 aliphatic carbocycles. The van der Waals surface area contributed by atoms with Gasteiger partial charge in [-0.15, -0.1) is 11.3 Å². The molecule has 2 fully saturated rings. The number of aromatic amines is 1. The van der Waals surface area contributed by atoms with Crippen LogP contribution < -0.4 is 4.74 Å². The smallest absolute Gasteiger partial charge is 0.282 e. The van der Waals surface area contributed by atoms with Crippen LogP contribution in [-0.4, -0.2) is 82.9 Å². The molecule has 1 amide bonds. The van der Waals surface area contributed by atoms with Gasteiger partial charge in [-0.1, -0.05) is 6.07 Å². The van der Waals surface area contributed by atoms with Gasteiger partial charge in [-0.05, 0) is 30.5 Å². The number of carbonyl (C=O) groups is 1. The average Bonchev–Trinajstić information content (AvgIpc) is 3.61. The standard InChI is InChI=1S/C24H27N5O3S/c30-24(29-8-6-28(7-9-29)15-18-2-1-10-31-18)23-27-22-19-4-3-16(17-13-25-26-14-17)12-20(19)32-11-5-21(22)33-23/h3-4,12-14,18H,1-2,5-11,15H2,(H,25,26). The van der Waals surface area contributed by atoms with Gasteiger partial charge in [0.2, 0.25) is 0 Å². The molecule has 33 heavy (non-hydrogen) atoms. The fraction of sp³-hybridized carbons (Fsp3) is 0.458. The second-order valence-electron chi connectivity index (χ2n) is 8.82. The second-order valence-corrected chi connectivity index (χ2v) is 9.90. The Morgan fingerprint density at radius 3 is 2.88 bits per heavy atom. The first-order valence-corrected chi connectivity index (χ1v) is 12.5. The maximum Gasteiger partial charge on any atom is 0.282 e. The van der Waals surface area contributed by atoms with E-state index >= 15 is 0 Å². The number of H-pyrrole nitrogens is 1. The minimum atomic E-state index is 0.0438. The van der Waals surface area contributed by atoms with E-state index in [-0.39, 0.29) is 5.91 Å². The third-order valence-electron chi connectivity index (χ3n) is 6.68. The zero-order valence-corrected chi connectivity index (χ0v) is 19.3. The second kappa shape index (κ2) is 8.89. The van der Waals surface area contributed by atoms with Crippen molar-refractivity contribution < 1.29 is 14.3 Å². The van der Waals surface area contributed by atoms with Crippen molar-refractivity contribution in [3.05, 3.63) is 40.5 Å². The van der Waals surface area contributed by atoms with Crippen molar-refractivity contribution in [1.29, 1.82) is 0 Å². The van der Waals surface area contributed by atoms with E-state index in [1.54, 1.807) is 6.20 Å². The van der Waals surface area contributed by atoms with Crippen molar-refractivity contribution in [2.45, 2.75) is 25.4 Å². The van der Waals surface area contributed by atoms with E-state index in [1.807, 2.05) is 23.2 Å². The van der Waals surface area contributed by atoms with Gasteiger partial charge in [0.25, 0.3) is 5.91 Å². The molecular weight excluding hydrogens is 438 g/mol. The molecule has 2 aromatic heterocycles. The van der Waals surface area contributed by atoms with Gasteiger partial charge in [0.1, 0.15) is 5.75 Å². The van der Waals surface area contributed by atoms with Gasteiger partial charge in [-0.2, -0.15) is 5.10 Å². The third kappa shape index (κ3) is 4.16. The summed E-state index contributed by atoms with van der Waals surface area (Å²) in [6, 6.07) is 6.12. The molecule has 1 unspecified atom stereocenters. The summed E-state index contributed by atoms with van der Waals surface area (Å²) < 4.78 is 11.8. The molecule has 8 nitrogen and oxygen atoms in total. The lowest BCUT2D eigenvalue weighted by atomic mass is 10.0. The monoisotopic (exact) mass is 465 g/mol. The number of rotatable bonds is 4. The van der Waals surface area contributed by atoms with Crippen LogP contribution in [0.2, 0.25) is 0 Å². The Morgan fingerprint density at radius 2 is 2.09 bits per heavy atom. The molecule has 1 atom stereocenters. The topological polar surface area (TPSA) is 83.6 Å². The van der Waals surface area contributed by atoms with Gasteiger partial charge in [-0.3, -0.25) is 14.8 Å². The number of ether oxygens (including phenoxy) is 2. The fourth-order valence-corrected chi connectivity index (χ4v) is 5.87. The molecule has 6 rings (SSSR count). The number of piperazine rings is 1. The first-order valence-electron chi connectivity index (χ1n) is 11.6. The number of nitrogens with zero attached hydrogens (tertiary/aromatic N) is 4. The molecule has 3 aromatic rings. The van der Waals surface area contributed by atoms with E-state index in [2.05, 4.69) is 21.2 Å². The first kappa shape index (κ1) is 20.8. The lowest BCUT2D eigenvalue weighted by Crippen LogP contribution is -2.50. The molecular formula is C24H27N5O3S. The summed E-state index contributed by atoms with van der Waals surface area (Å²) in [6.45, 7) is 5.70. The lowest BCUT2D eigenvalue weighted by Gasteiger charge is -2.35. The Balaban J connectivity index is 1.18. The van der Waals surface area contributed by atoms with Crippen LogP contribution in [-0.2, 0) is 11.2 Å². The molecule has 0 spiro atoms. The minimum absolute atomic E-state index is 0.0438. The number of amides is 1. The van der Waals surface area contributed by atoms with Crippen LogP contribution in [0.3, 0.4) is 0 Å². The predicted molar refractivity (Wildman–Crippen MR) is 126 cm³/mol. The van der Waals surface area contributed by atoms with Crippen molar-refractivity contribution in [3.63, 3.8) is 0 Å². The summed E-state index contributed by atoms with van der Waals surface area (Å²) in [5.74, 6) is 0.849. The van der Waals surface area contributed by atoms with Gasteiger partial charge in [0.05, 0.1) is 24.6 Å². The van der Waals surface area contributed by atoms with Crippen molar-refractivity contribution in [2.75, 3.05) is 45.9 Å². The van der Waals surface area contributed by atoms with Crippen LogP contribution in [0.4, 0.5) is 0 Å². The van der Waals surface area contributed by atoms with Crippen LogP contribution in [0.1, 0.15) is 27.5 Å². The van der Waals surface area contributed by atoms with Crippen LogP contribution in [0, 0.1) is 0 Å². The summed E-state index contributed by atoms with van der Waals surface area (Å²) in [7, 11) is 0.